The molecule has 0 aliphatic heterocycles. The number of thioether (sulfide) groups is 1. The van der Waals surface area contributed by atoms with E-state index in [0.29, 0.717) is 19.8 Å². The lowest BCUT2D eigenvalue weighted by atomic mass is 10.3. The standard InChI is InChI=1S/C16H29NO3SSi/c1-4-18-22(19-5-2,20-6-3)14-10-13-21-15-17-16-11-8-7-9-12-16/h7-9,11-12,17H,4-6,10,13-15H2,1-3H3. The maximum Gasteiger partial charge on any atom is 0.500 e. The average molecular weight is 344 g/mol. The van der Waals surface area contributed by atoms with Crippen molar-refractivity contribution in [2.24, 2.45) is 0 Å². The van der Waals surface area contributed by atoms with E-state index in [1.165, 1.54) is 0 Å². The lowest BCUT2D eigenvalue weighted by Crippen LogP contribution is -2.46. The third-order valence-corrected chi connectivity index (χ3v) is 7.09. The molecule has 0 amide bonds. The van der Waals surface area contributed by atoms with Crippen LogP contribution in [0.3, 0.4) is 0 Å². The largest absolute Gasteiger partial charge is 0.500 e. The van der Waals surface area contributed by atoms with Gasteiger partial charge in [-0.25, -0.2) is 0 Å². The van der Waals surface area contributed by atoms with Gasteiger partial charge in [-0.3, -0.25) is 0 Å². The van der Waals surface area contributed by atoms with Crippen LogP contribution in [0.2, 0.25) is 6.04 Å². The van der Waals surface area contributed by atoms with Gasteiger partial charge in [0.2, 0.25) is 0 Å². The minimum absolute atomic E-state index is 0.648. The molecule has 1 N–H and O–H groups in total. The summed E-state index contributed by atoms with van der Waals surface area (Å²) in [7, 11) is -2.45. The highest BCUT2D eigenvalue weighted by Gasteiger charge is 2.39. The van der Waals surface area contributed by atoms with Crippen LogP contribution in [0, 0.1) is 0 Å². The van der Waals surface area contributed by atoms with Gasteiger partial charge in [-0.05, 0) is 45.1 Å². The summed E-state index contributed by atoms with van der Waals surface area (Å²) in [5, 5.41) is 3.40. The molecular weight excluding hydrogens is 314 g/mol. The average Bonchev–Trinajstić information content (AvgIpc) is 2.52. The Labute approximate surface area is 140 Å². The van der Waals surface area contributed by atoms with Crippen LogP contribution in [0.25, 0.3) is 0 Å². The van der Waals surface area contributed by atoms with E-state index < -0.39 is 8.80 Å². The Morgan fingerprint density at radius 1 is 0.955 bits per heavy atom. The van der Waals surface area contributed by atoms with E-state index in [-0.39, 0.29) is 0 Å². The van der Waals surface area contributed by atoms with Crippen molar-refractivity contribution in [3.8, 4) is 0 Å². The van der Waals surface area contributed by atoms with Crippen LogP contribution in [0.1, 0.15) is 27.2 Å². The van der Waals surface area contributed by atoms with Crippen molar-refractivity contribution in [1.82, 2.24) is 0 Å². The van der Waals surface area contributed by atoms with Crippen molar-refractivity contribution in [2.75, 3.05) is 36.8 Å². The van der Waals surface area contributed by atoms with E-state index in [9.17, 15) is 0 Å². The van der Waals surface area contributed by atoms with E-state index in [0.717, 1.165) is 29.8 Å². The lowest BCUT2D eigenvalue weighted by molar-refractivity contribution is 0.0712. The van der Waals surface area contributed by atoms with Gasteiger partial charge in [0.1, 0.15) is 0 Å². The molecular formula is C16H29NO3SSi. The monoisotopic (exact) mass is 343 g/mol. The van der Waals surface area contributed by atoms with Gasteiger partial charge in [0.25, 0.3) is 0 Å². The second-order valence-corrected chi connectivity index (χ2v) is 8.52. The van der Waals surface area contributed by atoms with Crippen LogP contribution in [-0.4, -0.2) is 40.3 Å². The highest BCUT2D eigenvalue weighted by Crippen LogP contribution is 2.20. The molecule has 0 aliphatic rings. The molecule has 6 heteroatoms. The molecule has 1 aromatic carbocycles. The Balaban J connectivity index is 2.24. The molecule has 1 rings (SSSR count). The molecule has 0 spiro atoms. The van der Waals surface area contributed by atoms with Crippen molar-refractivity contribution < 1.29 is 13.3 Å². The van der Waals surface area contributed by atoms with E-state index in [1.807, 2.05) is 50.7 Å². The van der Waals surface area contributed by atoms with Gasteiger partial charge in [-0.15, -0.1) is 11.8 Å². The summed E-state index contributed by atoms with van der Waals surface area (Å²) in [5.41, 5.74) is 1.16. The quantitative estimate of drug-likeness (QED) is 0.330. The Bertz CT molecular complexity index is 364. The topological polar surface area (TPSA) is 39.7 Å². The van der Waals surface area contributed by atoms with E-state index in [4.69, 9.17) is 13.3 Å². The van der Waals surface area contributed by atoms with Gasteiger partial charge in [0, 0.05) is 31.6 Å². The van der Waals surface area contributed by atoms with Crippen LogP contribution >= 0.6 is 11.8 Å². The van der Waals surface area contributed by atoms with Gasteiger partial charge < -0.3 is 18.6 Å². The van der Waals surface area contributed by atoms with Crippen LogP contribution in [0.4, 0.5) is 5.69 Å². The first-order valence-electron chi connectivity index (χ1n) is 8.04. The zero-order chi connectivity index (χ0) is 16.1. The minimum Gasteiger partial charge on any atom is -0.376 e. The first kappa shape index (κ1) is 19.5. The smallest absolute Gasteiger partial charge is 0.376 e. The van der Waals surface area contributed by atoms with Gasteiger partial charge in [0.15, 0.2) is 0 Å². The Hall–Kier alpha value is -0.533. The molecule has 1 aromatic rings. The fourth-order valence-corrected chi connectivity index (χ4v) is 5.78. The Kier molecular flexibility index (Phi) is 10.6. The zero-order valence-corrected chi connectivity index (χ0v) is 15.8. The highest BCUT2D eigenvalue weighted by molar-refractivity contribution is 7.99. The molecule has 126 valence electrons. The van der Waals surface area contributed by atoms with Crippen LogP contribution in [0.5, 0.6) is 0 Å². The molecule has 0 atom stereocenters. The number of benzene rings is 1. The first-order valence-corrected chi connectivity index (χ1v) is 11.1. The maximum absolute atomic E-state index is 5.86. The summed E-state index contributed by atoms with van der Waals surface area (Å²) in [6.07, 6.45) is 1.05. The summed E-state index contributed by atoms with van der Waals surface area (Å²) >= 11 is 1.89. The van der Waals surface area contributed by atoms with Crippen molar-refractivity contribution >= 4 is 26.3 Å². The van der Waals surface area contributed by atoms with Crippen LogP contribution in [0.15, 0.2) is 30.3 Å². The number of para-hydroxylation sites is 1. The minimum atomic E-state index is -2.45. The second kappa shape index (κ2) is 12.0. The number of nitrogens with one attached hydrogen (secondary N) is 1. The van der Waals surface area contributed by atoms with E-state index in [2.05, 4.69) is 17.4 Å². The summed E-state index contributed by atoms with van der Waals surface area (Å²) in [4.78, 5) is 0. The molecule has 0 fully saturated rings. The maximum atomic E-state index is 5.86. The summed E-state index contributed by atoms with van der Waals surface area (Å²) in [6, 6.07) is 11.2. The Morgan fingerprint density at radius 3 is 2.09 bits per heavy atom. The van der Waals surface area contributed by atoms with E-state index >= 15 is 0 Å². The van der Waals surface area contributed by atoms with Crippen LogP contribution in [-0.2, 0) is 13.3 Å². The van der Waals surface area contributed by atoms with Crippen molar-refractivity contribution in [1.29, 1.82) is 0 Å². The third kappa shape index (κ3) is 7.65. The number of anilines is 1. The summed E-state index contributed by atoms with van der Waals surface area (Å²) < 4.78 is 17.6. The molecule has 4 nitrogen and oxygen atoms in total. The van der Waals surface area contributed by atoms with Gasteiger partial charge in [-0.1, -0.05) is 18.2 Å². The molecule has 0 aliphatic carbocycles. The predicted octanol–water partition coefficient (Wildman–Crippen LogP) is 4.23. The molecule has 0 aromatic heterocycles. The molecule has 0 radical (unpaired) electrons. The molecule has 0 saturated heterocycles. The zero-order valence-electron chi connectivity index (χ0n) is 14.0. The molecule has 0 unspecified atom stereocenters. The van der Waals surface area contributed by atoms with Gasteiger partial charge in [0.05, 0.1) is 5.88 Å². The first-order chi connectivity index (χ1) is 10.8. The number of hydrogen-bond acceptors (Lipinski definition) is 5. The fraction of sp³-hybridized carbons (Fsp3) is 0.625. The summed E-state index contributed by atoms with van der Waals surface area (Å²) in [5.74, 6) is 1.98. The molecule has 0 bridgehead atoms. The van der Waals surface area contributed by atoms with Crippen molar-refractivity contribution in [3.63, 3.8) is 0 Å². The number of hydrogen-bond donors (Lipinski definition) is 1. The molecule has 0 heterocycles. The fourth-order valence-electron chi connectivity index (χ4n) is 2.15. The lowest BCUT2D eigenvalue weighted by Gasteiger charge is -2.28. The van der Waals surface area contributed by atoms with Crippen LogP contribution < -0.4 is 5.32 Å². The predicted molar refractivity (Wildman–Crippen MR) is 97.4 cm³/mol. The normalized spacial score (nSPS) is 11.6. The number of rotatable bonds is 13. The van der Waals surface area contributed by atoms with E-state index in [1.54, 1.807) is 0 Å². The molecule has 0 saturated carbocycles. The van der Waals surface area contributed by atoms with Crippen molar-refractivity contribution in [2.45, 2.75) is 33.2 Å². The highest BCUT2D eigenvalue weighted by atomic mass is 32.2. The van der Waals surface area contributed by atoms with Crippen molar-refractivity contribution in [3.05, 3.63) is 30.3 Å². The SMILES string of the molecule is CCO[Si](CCCSCNc1ccccc1)(OCC)OCC. The Morgan fingerprint density at radius 2 is 1.55 bits per heavy atom. The molecule has 22 heavy (non-hydrogen) atoms. The van der Waals surface area contributed by atoms with Gasteiger partial charge in [-0.2, -0.15) is 0 Å². The van der Waals surface area contributed by atoms with Gasteiger partial charge >= 0.3 is 8.80 Å². The summed E-state index contributed by atoms with van der Waals surface area (Å²) in [6.45, 7) is 7.94. The second-order valence-electron chi connectivity index (χ2n) is 4.68. The third-order valence-electron chi connectivity index (χ3n) is 3.02.